The molecule has 3 saturated carbocycles. The Morgan fingerprint density at radius 2 is 1.73 bits per heavy atom. The van der Waals surface area contributed by atoms with Crippen LogP contribution in [0.1, 0.15) is 112 Å². The SMILES string of the molecule is CC(C)CCC[C@@H](C)[C@H]1CC[C@H]2[C@@H]3CC=C4C[C](CCN(C)CC[N+](C)(C)C)CC[C@]4(C)[C@H]3CC[C@]12C. The van der Waals surface area contributed by atoms with Crippen molar-refractivity contribution in [3.05, 3.63) is 17.6 Å². The van der Waals surface area contributed by atoms with E-state index in [4.69, 9.17) is 0 Å². The van der Waals surface area contributed by atoms with Crippen LogP contribution in [0.2, 0.25) is 0 Å². The average Bonchev–Trinajstić information content (AvgIpc) is 3.18. The molecular weight excluding hydrogens is 448 g/mol. The number of quaternary nitrogens is 1. The third-order valence-corrected chi connectivity index (χ3v) is 12.3. The third kappa shape index (κ3) is 6.53. The van der Waals surface area contributed by atoms with E-state index in [1.165, 1.54) is 96.7 Å². The Bertz CT molecular complexity index is 777. The van der Waals surface area contributed by atoms with Crippen LogP contribution in [0.5, 0.6) is 0 Å². The highest BCUT2D eigenvalue weighted by molar-refractivity contribution is 5.29. The van der Waals surface area contributed by atoms with Crippen molar-refractivity contribution in [3.63, 3.8) is 0 Å². The van der Waals surface area contributed by atoms with Gasteiger partial charge < -0.3 is 9.38 Å². The Kier molecular flexibility index (Phi) is 9.33. The fraction of sp³-hybridized carbons (Fsp3) is 0.914. The van der Waals surface area contributed by atoms with Gasteiger partial charge in [-0.2, -0.15) is 0 Å². The van der Waals surface area contributed by atoms with Crippen LogP contribution in [0, 0.1) is 52.3 Å². The van der Waals surface area contributed by atoms with Crippen LogP contribution in [-0.4, -0.2) is 57.2 Å². The molecule has 0 spiro atoms. The van der Waals surface area contributed by atoms with Gasteiger partial charge in [0.25, 0.3) is 0 Å². The lowest BCUT2D eigenvalue weighted by atomic mass is 9.46. The summed E-state index contributed by atoms with van der Waals surface area (Å²) in [5, 5.41) is 0. The van der Waals surface area contributed by atoms with Gasteiger partial charge in [-0.05, 0) is 124 Å². The van der Waals surface area contributed by atoms with Crippen LogP contribution in [0.15, 0.2) is 11.6 Å². The van der Waals surface area contributed by atoms with Crippen molar-refractivity contribution in [2.75, 3.05) is 47.8 Å². The summed E-state index contributed by atoms with van der Waals surface area (Å²) < 4.78 is 1.06. The molecule has 4 aliphatic carbocycles. The minimum Gasteiger partial charge on any atom is -0.330 e. The van der Waals surface area contributed by atoms with Gasteiger partial charge in [-0.15, -0.1) is 0 Å². The van der Waals surface area contributed by atoms with Gasteiger partial charge in [0.15, 0.2) is 0 Å². The molecule has 0 aromatic rings. The van der Waals surface area contributed by atoms with Crippen molar-refractivity contribution in [2.45, 2.75) is 112 Å². The fourth-order valence-corrected chi connectivity index (χ4v) is 9.74. The third-order valence-electron chi connectivity index (χ3n) is 12.3. The summed E-state index contributed by atoms with van der Waals surface area (Å²) in [6.07, 6.45) is 20.0. The predicted molar refractivity (Wildman–Crippen MR) is 161 cm³/mol. The minimum atomic E-state index is 0.490. The van der Waals surface area contributed by atoms with E-state index in [1.807, 2.05) is 11.5 Å². The zero-order chi connectivity index (χ0) is 27.0. The molecule has 0 heterocycles. The number of likely N-dealkylation sites (N-methyl/N-ethyl adjacent to an activating group) is 2. The van der Waals surface area contributed by atoms with Crippen molar-refractivity contribution in [1.82, 2.24) is 4.90 Å². The van der Waals surface area contributed by atoms with Crippen molar-refractivity contribution in [2.24, 2.45) is 46.3 Å². The minimum absolute atomic E-state index is 0.490. The van der Waals surface area contributed by atoms with E-state index >= 15 is 0 Å². The summed E-state index contributed by atoms with van der Waals surface area (Å²) in [7, 11) is 9.25. The molecule has 0 aliphatic heterocycles. The molecule has 0 N–H and O–H groups in total. The molecule has 4 aliphatic rings. The molecule has 37 heavy (non-hydrogen) atoms. The summed E-state index contributed by atoms with van der Waals surface area (Å²) in [5.41, 5.74) is 2.96. The molecule has 0 aromatic heterocycles. The number of nitrogens with zero attached hydrogens (tertiary/aromatic N) is 2. The van der Waals surface area contributed by atoms with Crippen LogP contribution >= 0.6 is 0 Å². The van der Waals surface area contributed by atoms with Gasteiger partial charge in [0.05, 0.1) is 27.7 Å². The summed E-state index contributed by atoms with van der Waals surface area (Å²) in [6, 6.07) is 0. The Hall–Kier alpha value is -0.340. The van der Waals surface area contributed by atoms with Crippen LogP contribution in [0.3, 0.4) is 0 Å². The lowest BCUT2D eigenvalue weighted by Crippen LogP contribution is -2.50. The van der Waals surface area contributed by atoms with Crippen molar-refractivity contribution in [1.29, 1.82) is 0 Å². The molecule has 4 rings (SSSR count). The monoisotopic (exact) mass is 513 g/mol. The maximum Gasteiger partial charge on any atom is 0.0909 e. The second kappa shape index (κ2) is 11.6. The largest absolute Gasteiger partial charge is 0.330 e. The van der Waals surface area contributed by atoms with Gasteiger partial charge in [0.1, 0.15) is 0 Å². The first kappa shape index (κ1) is 29.6. The first-order valence-electron chi connectivity index (χ1n) is 16.4. The molecular formula is C35H64N2+. The number of rotatable bonds is 11. The van der Waals surface area contributed by atoms with Crippen molar-refractivity contribution >= 4 is 0 Å². The van der Waals surface area contributed by atoms with Crippen molar-refractivity contribution in [3.8, 4) is 0 Å². The summed E-state index contributed by atoms with van der Waals surface area (Å²) in [6.45, 7) is 16.5. The summed E-state index contributed by atoms with van der Waals surface area (Å²) in [4.78, 5) is 2.57. The number of hydrogen-bond acceptors (Lipinski definition) is 1. The molecule has 7 atom stereocenters. The standard InChI is InChI=1S/C35H64N2/c1-26(2)11-10-12-27(3)31-15-16-32-30-14-13-29-25-28(19-22-36(6)23-24-37(7,8)9)17-20-34(29,4)33(30)18-21-35(31,32)5/h13,26-27,30-33H,10-12,14-25H2,1-9H3/q+1/t27-,30+,31-,32+,33+,34+,35-/m1/s1. The van der Waals surface area contributed by atoms with Crippen LogP contribution < -0.4 is 0 Å². The molecule has 213 valence electrons. The van der Waals surface area contributed by atoms with E-state index in [0.717, 1.165) is 40.0 Å². The average molecular weight is 513 g/mol. The molecule has 0 amide bonds. The van der Waals surface area contributed by atoms with E-state index in [9.17, 15) is 0 Å². The van der Waals surface area contributed by atoms with Crippen molar-refractivity contribution < 1.29 is 4.48 Å². The molecule has 2 nitrogen and oxygen atoms in total. The highest BCUT2D eigenvalue weighted by Gasteiger charge is 2.59. The second-order valence-electron chi connectivity index (χ2n) is 16.3. The van der Waals surface area contributed by atoms with Gasteiger partial charge in [-0.3, -0.25) is 0 Å². The first-order chi connectivity index (χ1) is 17.3. The van der Waals surface area contributed by atoms with E-state index < -0.39 is 0 Å². The molecule has 1 radical (unpaired) electrons. The smallest absolute Gasteiger partial charge is 0.0909 e. The van der Waals surface area contributed by atoms with Gasteiger partial charge in [0, 0.05) is 6.54 Å². The van der Waals surface area contributed by atoms with Crippen LogP contribution in [-0.2, 0) is 0 Å². The Balaban J connectivity index is 1.35. The number of fused-ring (bicyclic) bond motifs is 5. The Labute approximate surface area is 232 Å². The molecule has 0 saturated heterocycles. The summed E-state index contributed by atoms with van der Waals surface area (Å²) >= 11 is 0. The maximum atomic E-state index is 2.78. The zero-order valence-electron chi connectivity index (χ0n) is 26.5. The highest BCUT2D eigenvalue weighted by atomic mass is 15.3. The number of allylic oxidation sites excluding steroid dienone is 2. The van der Waals surface area contributed by atoms with E-state index in [0.29, 0.717) is 10.8 Å². The normalized spacial score (nSPS) is 37.3. The Morgan fingerprint density at radius 3 is 2.43 bits per heavy atom. The van der Waals surface area contributed by atoms with Gasteiger partial charge in [-0.1, -0.05) is 65.5 Å². The number of hydrogen-bond donors (Lipinski definition) is 0. The van der Waals surface area contributed by atoms with E-state index in [2.05, 4.69) is 73.8 Å². The second-order valence-corrected chi connectivity index (χ2v) is 16.3. The van der Waals surface area contributed by atoms with Crippen LogP contribution in [0.25, 0.3) is 0 Å². The van der Waals surface area contributed by atoms with E-state index in [1.54, 1.807) is 0 Å². The molecule has 2 heteroatoms. The Morgan fingerprint density at radius 1 is 0.973 bits per heavy atom. The van der Waals surface area contributed by atoms with E-state index in [-0.39, 0.29) is 0 Å². The fourth-order valence-electron chi connectivity index (χ4n) is 9.74. The van der Waals surface area contributed by atoms with Gasteiger partial charge in [0.2, 0.25) is 0 Å². The topological polar surface area (TPSA) is 3.24 Å². The quantitative estimate of drug-likeness (QED) is 0.198. The zero-order valence-corrected chi connectivity index (χ0v) is 26.5. The predicted octanol–water partition coefficient (Wildman–Crippen LogP) is 8.63. The van der Waals surface area contributed by atoms with Gasteiger partial charge in [-0.25, -0.2) is 0 Å². The lowest BCUT2D eigenvalue weighted by molar-refractivity contribution is -0.869. The summed E-state index contributed by atoms with van der Waals surface area (Å²) in [5.74, 6) is 7.50. The molecule has 0 aromatic carbocycles. The first-order valence-corrected chi connectivity index (χ1v) is 16.4. The van der Waals surface area contributed by atoms with Gasteiger partial charge >= 0.3 is 0 Å². The lowest BCUT2D eigenvalue weighted by Gasteiger charge is -2.58. The molecule has 3 fully saturated rings. The molecule has 0 bridgehead atoms. The molecule has 0 unspecified atom stereocenters. The maximum absolute atomic E-state index is 2.78. The van der Waals surface area contributed by atoms with Crippen LogP contribution in [0.4, 0.5) is 0 Å². The highest BCUT2D eigenvalue weighted by Crippen LogP contribution is 2.67.